The lowest BCUT2D eigenvalue weighted by molar-refractivity contribution is -0.110. The Labute approximate surface area is 235 Å². The van der Waals surface area contributed by atoms with Crippen LogP contribution in [-0.4, -0.2) is 57.7 Å². The number of aryl methyl sites for hydroxylation is 2. The maximum atomic E-state index is 13.1. The van der Waals surface area contributed by atoms with Crippen molar-refractivity contribution in [2.75, 3.05) is 31.5 Å². The Morgan fingerprint density at radius 1 is 1.07 bits per heavy atom. The smallest absolute Gasteiger partial charge is 0.256 e. The first-order chi connectivity index (χ1) is 19.3. The highest BCUT2D eigenvalue weighted by Gasteiger charge is 2.26. The number of amides is 2. The summed E-state index contributed by atoms with van der Waals surface area (Å²) in [4.78, 5) is 31.7. The highest BCUT2D eigenvalue weighted by molar-refractivity contribution is 6.35. The van der Waals surface area contributed by atoms with Gasteiger partial charge in [0.15, 0.2) is 0 Å². The standard InChI is InChI=1S/C32H36N6O2/c1-6-37(7-2)16-15-33-32(40)30-21(4)28(35-22(30)5)19-26-25-18-23(11-12-27(25)36-31(26)39)29-13-14-34-38(29)24-10-8-9-20(3)17-24/h8-14,17-19,35H,6-7,15-16H2,1-5H3,(H,33,40)(H,36,39)/b26-19-. The molecule has 3 N–H and O–H groups in total. The minimum atomic E-state index is -0.170. The first kappa shape index (κ1) is 27.1. The minimum Gasteiger partial charge on any atom is -0.358 e. The zero-order chi connectivity index (χ0) is 28.4. The summed E-state index contributed by atoms with van der Waals surface area (Å²) in [5, 5.41) is 10.6. The van der Waals surface area contributed by atoms with Gasteiger partial charge in [-0.15, -0.1) is 0 Å². The predicted molar refractivity (Wildman–Crippen MR) is 161 cm³/mol. The van der Waals surface area contributed by atoms with Gasteiger partial charge >= 0.3 is 0 Å². The molecular weight excluding hydrogens is 500 g/mol. The van der Waals surface area contributed by atoms with Gasteiger partial charge in [0, 0.05) is 41.3 Å². The highest BCUT2D eigenvalue weighted by atomic mass is 16.2. The first-order valence-corrected chi connectivity index (χ1v) is 13.8. The summed E-state index contributed by atoms with van der Waals surface area (Å²) in [6.45, 7) is 13.4. The summed E-state index contributed by atoms with van der Waals surface area (Å²) >= 11 is 0. The lowest BCUT2D eigenvalue weighted by Crippen LogP contribution is -2.35. The predicted octanol–water partition coefficient (Wildman–Crippen LogP) is 5.36. The Bertz CT molecular complexity index is 1610. The van der Waals surface area contributed by atoms with Crippen molar-refractivity contribution < 1.29 is 9.59 Å². The van der Waals surface area contributed by atoms with E-state index in [1.165, 1.54) is 0 Å². The summed E-state index contributed by atoms with van der Waals surface area (Å²) in [6.07, 6.45) is 3.63. The summed E-state index contributed by atoms with van der Waals surface area (Å²) in [5.74, 6) is -0.276. The molecule has 206 valence electrons. The van der Waals surface area contributed by atoms with Crippen molar-refractivity contribution in [3.05, 3.63) is 88.4 Å². The Morgan fingerprint density at radius 3 is 2.62 bits per heavy atom. The maximum Gasteiger partial charge on any atom is 0.256 e. The van der Waals surface area contributed by atoms with E-state index in [1.54, 1.807) is 6.20 Å². The van der Waals surface area contributed by atoms with Crippen molar-refractivity contribution in [1.29, 1.82) is 0 Å². The molecule has 0 saturated heterocycles. The molecule has 0 spiro atoms. The number of fused-ring (bicyclic) bond motifs is 1. The number of aromatic amines is 1. The number of hydrogen-bond donors (Lipinski definition) is 3. The molecule has 0 fully saturated rings. The molecule has 1 aliphatic heterocycles. The molecule has 8 heteroatoms. The number of carbonyl (C=O) groups excluding carboxylic acids is 2. The Morgan fingerprint density at radius 2 is 1.88 bits per heavy atom. The van der Waals surface area contributed by atoms with Gasteiger partial charge in [-0.3, -0.25) is 9.59 Å². The van der Waals surface area contributed by atoms with Crippen LogP contribution in [0.25, 0.3) is 28.6 Å². The molecule has 0 unspecified atom stereocenters. The number of aromatic nitrogens is 3. The van der Waals surface area contributed by atoms with Crippen molar-refractivity contribution in [3.63, 3.8) is 0 Å². The number of hydrogen-bond acceptors (Lipinski definition) is 4. The van der Waals surface area contributed by atoms with Gasteiger partial charge in [-0.1, -0.05) is 32.0 Å². The number of H-pyrrole nitrogens is 1. The fourth-order valence-corrected chi connectivity index (χ4v) is 5.34. The third kappa shape index (κ3) is 5.22. The number of anilines is 1. The van der Waals surface area contributed by atoms with E-state index >= 15 is 0 Å². The van der Waals surface area contributed by atoms with E-state index in [9.17, 15) is 9.59 Å². The van der Waals surface area contributed by atoms with Gasteiger partial charge in [0.05, 0.1) is 28.7 Å². The molecule has 0 radical (unpaired) electrons. The number of carbonyl (C=O) groups is 2. The van der Waals surface area contributed by atoms with E-state index < -0.39 is 0 Å². The van der Waals surface area contributed by atoms with Crippen LogP contribution in [0, 0.1) is 20.8 Å². The molecule has 3 heterocycles. The van der Waals surface area contributed by atoms with Crippen LogP contribution in [0.1, 0.15) is 52.3 Å². The average molecular weight is 537 g/mol. The normalized spacial score (nSPS) is 13.7. The number of nitrogens with one attached hydrogen (secondary N) is 3. The van der Waals surface area contributed by atoms with Gasteiger partial charge in [0.1, 0.15) is 0 Å². The second-order valence-electron chi connectivity index (χ2n) is 10.2. The van der Waals surface area contributed by atoms with Gasteiger partial charge in [0.2, 0.25) is 0 Å². The van der Waals surface area contributed by atoms with Crippen LogP contribution in [0.15, 0.2) is 54.7 Å². The van der Waals surface area contributed by atoms with E-state index in [0.29, 0.717) is 17.7 Å². The van der Waals surface area contributed by atoms with Crippen molar-refractivity contribution in [1.82, 2.24) is 25.0 Å². The van der Waals surface area contributed by atoms with Crippen LogP contribution in [-0.2, 0) is 4.79 Å². The topological polar surface area (TPSA) is 95.1 Å². The summed E-state index contributed by atoms with van der Waals surface area (Å²) in [5.41, 5.74) is 9.12. The average Bonchev–Trinajstić information content (AvgIpc) is 3.62. The molecule has 8 nitrogen and oxygen atoms in total. The second-order valence-corrected chi connectivity index (χ2v) is 10.2. The van der Waals surface area contributed by atoms with Gasteiger partial charge in [-0.2, -0.15) is 5.10 Å². The quantitative estimate of drug-likeness (QED) is 0.251. The third-order valence-corrected chi connectivity index (χ3v) is 7.59. The minimum absolute atomic E-state index is 0.106. The highest BCUT2D eigenvalue weighted by Crippen LogP contribution is 2.37. The van der Waals surface area contributed by atoms with Crippen LogP contribution in [0.2, 0.25) is 0 Å². The van der Waals surface area contributed by atoms with E-state index in [4.69, 9.17) is 0 Å². The Kier molecular flexibility index (Phi) is 7.71. The van der Waals surface area contributed by atoms with E-state index in [2.05, 4.69) is 58.5 Å². The van der Waals surface area contributed by atoms with Gasteiger partial charge in [0.25, 0.3) is 11.8 Å². The first-order valence-electron chi connectivity index (χ1n) is 13.8. The fraction of sp³-hybridized carbons (Fsp3) is 0.281. The SMILES string of the molecule is CCN(CC)CCNC(=O)c1c(C)[nH]c(/C=C2\C(=O)Nc3ccc(-c4ccnn4-c4cccc(C)c4)cc32)c1C. The Hall–Kier alpha value is -4.43. The molecule has 0 bridgehead atoms. The lowest BCUT2D eigenvalue weighted by Gasteiger charge is -2.18. The number of nitrogens with zero attached hydrogens (tertiary/aromatic N) is 3. The monoisotopic (exact) mass is 536 g/mol. The number of likely N-dealkylation sites (N-methyl/N-ethyl adjacent to an activating group) is 1. The van der Waals surface area contributed by atoms with Crippen LogP contribution in [0.3, 0.4) is 0 Å². The van der Waals surface area contributed by atoms with Crippen molar-refractivity contribution in [2.24, 2.45) is 0 Å². The molecule has 0 atom stereocenters. The molecule has 0 aliphatic carbocycles. The molecule has 2 amide bonds. The van der Waals surface area contributed by atoms with Crippen LogP contribution in [0.4, 0.5) is 5.69 Å². The molecular formula is C32H36N6O2. The van der Waals surface area contributed by atoms with E-state index in [0.717, 1.165) is 70.3 Å². The zero-order valence-electron chi connectivity index (χ0n) is 23.8. The summed E-state index contributed by atoms with van der Waals surface area (Å²) in [7, 11) is 0. The van der Waals surface area contributed by atoms with Crippen LogP contribution >= 0.6 is 0 Å². The van der Waals surface area contributed by atoms with E-state index in [-0.39, 0.29) is 11.8 Å². The largest absolute Gasteiger partial charge is 0.358 e. The second kappa shape index (κ2) is 11.4. The zero-order valence-corrected chi connectivity index (χ0v) is 23.8. The molecule has 1 aliphatic rings. The van der Waals surface area contributed by atoms with Crippen LogP contribution in [0.5, 0.6) is 0 Å². The van der Waals surface area contributed by atoms with Crippen molar-refractivity contribution in [3.8, 4) is 16.9 Å². The van der Waals surface area contributed by atoms with Gasteiger partial charge in [-0.25, -0.2) is 4.68 Å². The molecule has 2 aromatic carbocycles. The van der Waals surface area contributed by atoms with Crippen LogP contribution < -0.4 is 10.6 Å². The van der Waals surface area contributed by atoms with Gasteiger partial charge in [-0.05, 0) is 81.4 Å². The number of benzene rings is 2. The lowest BCUT2D eigenvalue weighted by atomic mass is 10.0. The van der Waals surface area contributed by atoms with Gasteiger partial charge < -0.3 is 20.5 Å². The maximum absolute atomic E-state index is 13.1. The van der Waals surface area contributed by atoms with Crippen molar-refractivity contribution >= 4 is 29.2 Å². The summed E-state index contributed by atoms with van der Waals surface area (Å²) < 4.78 is 1.91. The molecule has 0 saturated carbocycles. The molecule has 40 heavy (non-hydrogen) atoms. The summed E-state index contributed by atoms with van der Waals surface area (Å²) in [6, 6.07) is 16.1. The van der Waals surface area contributed by atoms with E-state index in [1.807, 2.05) is 61.0 Å². The fourth-order valence-electron chi connectivity index (χ4n) is 5.34. The third-order valence-electron chi connectivity index (χ3n) is 7.59. The molecule has 4 aromatic rings. The Balaban J connectivity index is 1.45. The van der Waals surface area contributed by atoms with Crippen molar-refractivity contribution in [2.45, 2.75) is 34.6 Å². The number of rotatable bonds is 9. The molecule has 2 aromatic heterocycles. The molecule has 5 rings (SSSR count).